The van der Waals surface area contributed by atoms with Gasteiger partial charge in [-0.05, 0) is 44.2 Å². The van der Waals surface area contributed by atoms with E-state index in [1.807, 2.05) is 18.7 Å². The lowest BCUT2D eigenvalue weighted by Crippen LogP contribution is -2.57. The summed E-state index contributed by atoms with van der Waals surface area (Å²) in [4.78, 5) is 19.1. The second-order valence-electron chi connectivity index (χ2n) is 9.64. The number of pyridine rings is 1. The molecule has 0 radical (unpaired) electrons. The van der Waals surface area contributed by atoms with Crippen LogP contribution in [0.2, 0.25) is 10.0 Å². The number of halogens is 3. The molecule has 0 aliphatic carbocycles. The van der Waals surface area contributed by atoms with Crippen molar-refractivity contribution in [3.8, 4) is 22.8 Å². The molecule has 1 aliphatic heterocycles. The van der Waals surface area contributed by atoms with Gasteiger partial charge < -0.3 is 30.7 Å². The fourth-order valence-corrected chi connectivity index (χ4v) is 5.14. The number of aromatic nitrogens is 1. The molecule has 9 nitrogen and oxygen atoms in total. The van der Waals surface area contributed by atoms with Crippen LogP contribution in [0, 0.1) is 11.2 Å². The minimum atomic E-state index is -0.654. The number of hydrogen-bond acceptors (Lipinski definition) is 8. The van der Waals surface area contributed by atoms with E-state index in [1.165, 1.54) is 26.4 Å². The lowest BCUT2D eigenvalue weighted by atomic mass is 10.0. The molecule has 1 saturated heterocycles. The molecule has 3 aromatic rings. The smallest absolute Gasteiger partial charge is 0.256 e. The van der Waals surface area contributed by atoms with Crippen molar-refractivity contribution in [2.24, 2.45) is 0 Å². The van der Waals surface area contributed by atoms with Crippen LogP contribution in [0.4, 0.5) is 15.9 Å². The molecule has 4 rings (SSSR count). The summed E-state index contributed by atoms with van der Waals surface area (Å²) >= 11 is 12.9. The van der Waals surface area contributed by atoms with Gasteiger partial charge in [-0.2, -0.15) is 0 Å². The van der Waals surface area contributed by atoms with Crippen molar-refractivity contribution in [2.75, 3.05) is 44.5 Å². The van der Waals surface area contributed by atoms with Crippen molar-refractivity contribution >= 4 is 46.4 Å². The molecule has 1 aliphatic rings. The maximum Gasteiger partial charge on any atom is 0.256 e. The minimum Gasteiger partial charge on any atom is -0.495 e. The Hall–Kier alpha value is -3.60. The van der Waals surface area contributed by atoms with E-state index in [9.17, 15) is 9.18 Å². The molecule has 2 heterocycles. The van der Waals surface area contributed by atoms with Crippen LogP contribution in [0.25, 0.3) is 11.3 Å². The Bertz CT molecular complexity index is 1420. The average Bonchev–Trinajstić information content (AvgIpc) is 2.88. The number of carbonyl (C=O) groups is 1. The molecule has 0 saturated carbocycles. The Balaban J connectivity index is 1.54. The van der Waals surface area contributed by atoms with Gasteiger partial charge in [-0.3, -0.25) is 10.2 Å². The van der Waals surface area contributed by atoms with E-state index in [-0.39, 0.29) is 38.4 Å². The highest BCUT2D eigenvalue weighted by molar-refractivity contribution is 6.41. The molecule has 1 amide bonds. The second-order valence-corrected chi connectivity index (χ2v) is 10.4. The molecule has 2 aromatic carbocycles. The summed E-state index contributed by atoms with van der Waals surface area (Å²) < 4.78 is 25.6. The number of amides is 1. The minimum absolute atomic E-state index is 0.0467. The van der Waals surface area contributed by atoms with E-state index in [0.717, 1.165) is 12.6 Å². The molecule has 0 bridgehead atoms. The second kappa shape index (κ2) is 11.3. The number of carbonyl (C=O) groups excluding carboxylic acids is 1. The van der Waals surface area contributed by atoms with E-state index in [4.69, 9.17) is 43.8 Å². The van der Waals surface area contributed by atoms with Gasteiger partial charge in [0, 0.05) is 42.4 Å². The van der Waals surface area contributed by atoms with E-state index >= 15 is 0 Å². The maximum atomic E-state index is 15.0. The zero-order valence-corrected chi connectivity index (χ0v) is 23.4. The van der Waals surface area contributed by atoms with Gasteiger partial charge >= 0.3 is 0 Å². The van der Waals surface area contributed by atoms with Gasteiger partial charge in [0.2, 0.25) is 0 Å². The maximum absolute atomic E-state index is 15.0. The van der Waals surface area contributed by atoms with Crippen LogP contribution in [-0.4, -0.2) is 56.1 Å². The first-order valence-electron chi connectivity index (χ1n) is 12.0. The highest BCUT2D eigenvalue weighted by atomic mass is 35.5. The molecule has 1 fully saturated rings. The van der Waals surface area contributed by atoms with Crippen LogP contribution in [0.5, 0.6) is 11.5 Å². The number of piperazine rings is 1. The van der Waals surface area contributed by atoms with Crippen LogP contribution in [0.1, 0.15) is 29.8 Å². The number of benzene rings is 2. The molecule has 5 N–H and O–H groups in total. The Morgan fingerprint density at radius 2 is 1.82 bits per heavy atom. The quantitative estimate of drug-likeness (QED) is 0.247. The number of nitrogens with one attached hydrogen (secondary N) is 3. The van der Waals surface area contributed by atoms with Crippen LogP contribution >= 0.6 is 23.2 Å². The third kappa shape index (κ3) is 5.88. The molecule has 39 heavy (non-hydrogen) atoms. The normalized spacial score (nSPS) is 14.6. The fourth-order valence-electron chi connectivity index (χ4n) is 4.44. The SMILES string of the molecule is COc1cc(OC)c(Cl)c(-c2ccc(C(=N)NC(=O)c3ccc(N4CCNC(C)(C)C4)c(F)c3)c(N)n2)c1Cl. The van der Waals surface area contributed by atoms with Gasteiger partial charge in [-0.25, -0.2) is 9.37 Å². The van der Waals surface area contributed by atoms with Gasteiger partial charge in [0.15, 0.2) is 0 Å². The number of hydrogen-bond donors (Lipinski definition) is 4. The zero-order chi connectivity index (χ0) is 28.5. The van der Waals surface area contributed by atoms with E-state index in [1.54, 1.807) is 18.2 Å². The van der Waals surface area contributed by atoms with Gasteiger partial charge in [-0.15, -0.1) is 0 Å². The van der Waals surface area contributed by atoms with Crippen LogP contribution in [0.3, 0.4) is 0 Å². The molecular weight excluding hydrogens is 546 g/mol. The number of methoxy groups -OCH3 is 2. The summed E-state index contributed by atoms with van der Waals surface area (Å²) in [6.45, 7) is 6.10. The van der Waals surface area contributed by atoms with E-state index < -0.39 is 11.7 Å². The predicted octanol–water partition coefficient (Wildman–Crippen LogP) is 4.74. The first kappa shape index (κ1) is 28.4. The van der Waals surface area contributed by atoms with E-state index in [0.29, 0.717) is 41.5 Å². The number of amidine groups is 1. The summed E-state index contributed by atoms with van der Waals surface area (Å²) in [7, 11) is 2.91. The first-order chi connectivity index (χ1) is 18.5. The molecule has 0 unspecified atom stereocenters. The van der Waals surface area contributed by atoms with Crippen molar-refractivity contribution in [1.82, 2.24) is 15.6 Å². The van der Waals surface area contributed by atoms with E-state index in [2.05, 4.69) is 15.6 Å². The number of nitrogen functional groups attached to an aromatic ring is 1. The summed E-state index contributed by atoms with van der Waals surface area (Å²) in [5.74, 6) is -0.856. The number of nitrogens with zero attached hydrogens (tertiary/aromatic N) is 2. The highest BCUT2D eigenvalue weighted by Gasteiger charge is 2.27. The van der Waals surface area contributed by atoms with Crippen molar-refractivity contribution in [3.63, 3.8) is 0 Å². The Morgan fingerprint density at radius 3 is 2.38 bits per heavy atom. The Morgan fingerprint density at radius 1 is 1.15 bits per heavy atom. The number of nitrogens with two attached hydrogens (primary N) is 1. The van der Waals surface area contributed by atoms with Gasteiger partial charge in [0.05, 0.1) is 41.2 Å². The number of ether oxygens (including phenoxy) is 2. The number of anilines is 2. The Labute approximate surface area is 235 Å². The van der Waals surface area contributed by atoms with Crippen LogP contribution in [-0.2, 0) is 0 Å². The molecule has 206 valence electrons. The summed E-state index contributed by atoms with van der Waals surface area (Å²) in [5.41, 5.74) is 7.29. The Kier molecular flexibility index (Phi) is 8.20. The van der Waals surface area contributed by atoms with Crippen molar-refractivity contribution in [3.05, 3.63) is 63.4 Å². The first-order valence-corrected chi connectivity index (χ1v) is 12.8. The molecule has 0 atom stereocenters. The van der Waals surface area contributed by atoms with Crippen LogP contribution < -0.4 is 30.7 Å². The van der Waals surface area contributed by atoms with Crippen molar-refractivity contribution in [1.29, 1.82) is 5.41 Å². The fraction of sp³-hybridized carbons (Fsp3) is 0.296. The number of rotatable bonds is 6. The van der Waals surface area contributed by atoms with Crippen molar-refractivity contribution in [2.45, 2.75) is 19.4 Å². The van der Waals surface area contributed by atoms with Gasteiger partial charge in [0.1, 0.15) is 29.0 Å². The molecular formula is C27H29Cl2FN6O3. The van der Waals surface area contributed by atoms with Gasteiger partial charge in [-0.1, -0.05) is 23.2 Å². The predicted molar refractivity (Wildman–Crippen MR) is 152 cm³/mol. The summed E-state index contributed by atoms with van der Waals surface area (Å²) in [6, 6.07) is 8.89. The third-order valence-corrected chi connectivity index (χ3v) is 7.13. The molecule has 0 spiro atoms. The lowest BCUT2D eigenvalue weighted by molar-refractivity contribution is 0.0976. The monoisotopic (exact) mass is 574 g/mol. The lowest BCUT2D eigenvalue weighted by Gasteiger charge is -2.40. The zero-order valence-electron chi connectivity index (χ0n) is 21.9. The van der Waals surface area contributed by atoms with Crippen LogP contribution in [0.15, 0.2) is 36.4 Å². The largest absolute Gasteiger partial charge is 0.495 e. The summed E-state index contributed by atoms with van der Waals surface area (Å²) in [5, 5.41) is 14.6. The standard InChI is InChI=1S/C27H29Cl2FN6O3/c1-27(2)13-36(10-9-33-27)18-8-5-14(11-16(18)30)26(37)35-25(32)15-6-7-17(34-24(15)31)21-22(28)19(38-3)12-20(39-4)23(21)29/h5-8,11-12,33H,9-10,13H2,1-4H3,(H2,31,34)(H2,32,35,37). The summed E-state index contributed by atoms with van der Waals surface area (Å²) in [6.07, 6.45) is 0. The van der Waals surface area contributed by atoms with Gasteiger partial charge in [0.25, 0.3) is 5.91 Å². The molecule has 1 aromatic heterocycles. The molecule has 12 heteroatoms. The third-order valence-electron chi connectivity index (χ3n) is 6.38. The topological polar surface area (TPSA) is 126 Å². The average molecular weight is 575 g/mol. The van der Waals surface area contributed by atoms with Crippen molar-refractivity contribution < 1.29 is 18.7 Å². The highest BCUT2D eigenvalue weighted by Crippen LogP contribution is 2.45.